The topological polar surface area (TPSA) is 18.5 Å². The fraction of sp³-hybridized carbons (Fsp3) is 1.00. The molecule has 0 spiro atoms. The maximum absolute atomic E-state index is 3.46. The van der Waals surface area contributed by atoms with Crippen molar-refractivity contribution in [2.24, 2.45) is 5.92 Å². The lowest BCUT2D eigenvalue weighted by Gasteiger charge is -2.36. The fourth-order valence-electron chi connectivity index (χ4n) is 2.98. The lowest BCUT2D eigenvalue weighted by atomic mass is 10.0. The van der Waals surface area contributed by atoms with Gasteiger partial charge in [-0.25, -0.2) is 0 Å². The molecule has 1 N–H and O–H groups in total. The first-order valence-corrected chi connectivity index (χ1v) is 6.85. The van der Waals surface area contributed by atoms with E-state index in [-0.39, 0.29) is 12.4 Å². The molecule has 17 heavy (non-hydrogen) atoms. The van der Waals surface area contributed by atoms with E-state index in [1.165, 1.54) is 58.4 Å². The minimum atomic E-state index is 0. The highest BCUT2D eigenvalue weighted by Gasteiger charge is 2.22. The zero-order valence-corrected chi connectivity index (χ0v) is 12.1. The normalized spacial score (nSPS) is 30.5. The molecule has 2 unspecified atom stereocenters. The Bertz CT molecular complexity index is 205. The number of likely N-dealkylation sites (N-methyl/N-ethyl adjacent to an activating group) is 1. The van der Waals surface area contributed by atoms with Gasteiger partial charge in [0, 0.05) is 12.6 Å². The summed E-state index contributed by atoms with van der Waals surface area (Å²) in [5.41, 5.74) is 0. The number of hydrogen-bond acceptors (Lipinski definition) is 3. The molecule has 2 rings (SSSR count). The van der Waals surface area contributed by atoms with Crippen LogP contribution in [-0.4, -0.2) is 62.7 Å². The van der Waals surface area contributed by atoms with Gasteiger partial charge in [0.1, 0.15) is 0 Å². The summed E-state index contributed by atoms with van der Waals surface area (Å²) in [6.07, 6.45) is 5.55. The molecule has 0 saturated carbocycles. The van der Waals surface area contributed by atoms with Crippen LogP contribution in [-0.2, 0) is 0 Å². The molecule has 3 nitrogen and oxygen atoms in total. The number of hydrogen-bond donors (Lipinski definition) is 1. The van der Waals surface area contributed by atoms with Crippen LogP contribution in [0.1, 0.15) is 25.7 Å². The molecule has 4 heteroatoms. The molecular formula is C13H28ClN3. The summed E-state index contributed by atoms with van der Waals surface area (Å²) >= 11 is 0. The Kier molecular flexibility index (Phi) is 6.78. The zero-order valence-electron chi connectivity index (χ0n) is 11.3. The molecule has 0 aromatic heterocycles. The third-order valence-electron chi connectivity index (χ3n) is 4.23. The summed E-state index contributed by atoms with van der Waals surface area (Å²) in [6, 6.07) is 0.787. The molecule has 2 fully saturated rings. The number of likely N-dealkylation sites (tertiary alicyclic amines) is 1. The van der Waals surface area contributed by atoms with Crippen LogP contribution in [0.4, 0.5) is 0 Å². The van der Waals surface area contributed by atoms with Gasteiger partial charge in [0.25, 0.3) is 0 Å². The first kappa shape index (κ1) is 15.2. The summed E-state index contributed by atoms with van der Waals surface area (Å²) < 4.78 is 0. The SMILES string of the molecule is CN(C)C1CCCN(CCC2CCNC2)C1.Cl. The van der Waals surface area contributed by atoms with E-state index in [0.29, 0.717) is 0 Å². The lowest BCUT2D eigenvalue weighted by molar-refractivity contribution is 0.128. The quantitative estimate of drug-likeness (QED) is 0.826. The van der Waals surface area contributed by atoms with E-state index >= 15 is 0 Å². The van der Waals surface area contributed by atoms with Crippen LogP contribution in [0.15, 0.2) is 0 Å². The first-order valence-electron chi connectivity index (χ1n) is 6.85. The van der Waals surface area contributed by atoms with Crippen LogP contribution in [0.5, 0.6) is 0 Å². The zero-order chi connectivity index (χ0) is 11.4. The predicted molar refractivity (Wildman–Crippen MR) is 76.0 cm³/mol. The highest BCUT2D eigenvalue weighted by molar-refractivity contribution is 5.85. The summed E-state index contributed by atoms with van der Waals surface area (Å²) in [6.45, 7) is 6.42. The average molecular weight is 262 g/mol. The molecule has 0 bridgehead atoms. The van der Waals surface area contributed by atoms with Crippen LogP contribution in [0.2, 0.25) is 0 Å². The minimum Gasteiger partial charge on any atom is -0.316 e. The standard InChI is InChI=1S/C13H27N3.ClH/c1-15(2)13-4-3-8-16(11-13)9-6-12-5-7-14-10-12;/h12-14H,3-11H2,1-2H3;1H. The molecule has 2 aliphatic heterocycles. The van der Waals surface area contributed by atoms with Crippen molar-refractivity contribution in [2.75, 3.05) is 46.8 Å². The molecule has 2 saturated heterocycles. The highest BCUT2D eigenvalue weighted by atomic mass is 35.5. The lowest BCUT2D eigenvalue weighted by Crippen LogP contribution is -2.45. The Morgan fingerprint density at radius 3 is 2.76 bits per heavy atom. The van der Waals surface area contributed by atoms with Gasteiger partial charge in [-0.05, 0) is 71.9 Å². The van der Waals surface area contributed by atoms with E-state index in [1.54, 1.807) is 0 Å². The van der Waals surface area contributed by atoms with Gasteiger partial charge in [-0.1, -0.05) is 0 Å². The largest absolute Gasteiger partial charge is 0.316 e. The third kappa shape index (κ3) is 4.74. The molecule has 102 valence electrons. The molecule has 2 aliphatic rings. The first-order chi connectivity index (χ1) is 7.75. The number of nitrogens with zero attached hydrogens (tertiary/aromatic N) is 2. The van der Waals surface area contributed by atoms with E-state index in [9.17, 15) is 0 Å². The smallest absolute Gasteiger partial charge is 0.0217 e. The van der Waals surface area contributed by atoms with Gasteiger partial charge in [-0.3, -0.25) is 0 Å². The molecular weight excluding hydrogens is 234 g/mol. The Morgan fingerprint density at radius 1 is 1.29 bits per heavy atom. The van der Waals surface area contributed by atoms with Gasteiger partial charge < -0.3 is 15.1 Å². The molecule has 0 radical (unpaired) electrons. The second-order valence-corrected chi connectivity index (χ2v) is 5.71. The molecule has 0 aromatic carbocycles. The van der Waals surface area contributed by atoms with Gasteiger partial charge in [-0.2, -0.15) is 0 Å². The van der Waals surface area contributed by atoms with Crippen LogP contribution in [0.25, 0.3) is 0 Å². The maximum atomic E-state index is 3.46. The minimum absolute atomic E-state index is 0. The van der Waals surface area contributed by atoms with E-state index in [1.807, 2.05) is 0 Å². The van der Waals surface area contributed by atoms with E-state index in [4.69, 9.17) is 0 Å². The van der Waals surface area contributed by atoms with Gasteiger partial charge in [0.15, 0.2) is 0 Å². The number of nitrogens with one attached hydrogen (secondary N) is 1. The van der Waals surface area contributed by atoms with Gasteiger partial charge in [-0.15, -0.1) is 12.4 Å². The van der Waals surface area contributed by atoms with E-state index in [0.717, 1.165) is 12.0 Å². The number of halogens is 1. The van der Waals surface area contributed by atoms with Crippen molar-refractivity contribution in [3.8, 4) is 0 Å². The molecule has 2 atom stereocenters. The third-order valence-corrected chi connectivity index (χ3v) is 4.23. The van der Waals surface area contributed by atoms with Crippen LogP contribution < -0.4 is 5.32 Å². The van der Waals surface area contributed by atoms with Crippen molar-refractivity contribution in [3.63, 3.8) is 0 Å². The summed E-state index contributed by atoms with van der Waals surface area (Å²) in [5.74, 6) is 0.944. The van der Waals surface area contributed by atoms with Crippen molar-refractivity contribution in [1.82, 2.24) is 15.1 Å². The molecule has 0 amide bonds. The van der Waals surface area contributed by atoms with Crippen molar-refractivity contribution in [2.45, 2.75) is 31.7 Å². The summed E-state index contributed by atoms with van der Waals surface area (Å²) in [4.78, 5) is 5.07. The van der Waals surface area contributed by atoms with Crippen LogP contribution >= 0.6 is 12.4 Å². The second kappa shape index (κ2) is 7.57. The Hall–Kier alpha value is 0.170. The van der Waals surface area contributed by atoms with E-state index < -0.39 is 0 Å². The van der Waals surface area contributed by atoms with E-state index in [2.05, 4.69) is 29.2 Å². The van der Waals surface area contributed by atoms with Crippen molar-refractivity contribution >= 4 is 12.4 Å². The van der Waals surface area contributed by atoms with Gasteiger partial charge in [0.2, 0.25) is 0 Å². The maximum Gasteiger partial charge on any atom is 0.0217 e. The van der Waals surface area contributed by atoms with Crippen molar-refractivity contribution in [3.05, 3.63) is 0 Å². The van der Waals surface area contributed by atoms with Crippen LogP contribution in [0.3, 0.4) is 0 Å². The Balaban J connectivity index is 0.00000144. The molecule has 0 aromatic rings. The predicted octanol–water partition coefficient (Wildman–Crippen LogP) is 1.43. The number of rotatable bonds is 4. The Morgan fingerprint density at radius 2 is 2.12 bits per heavy atom. The fourth-order valence-corrected chi connectivity index (χ4v) is 2.98. The highest BCUT2D eigenvalue weighted by Crippen LogP contribution is 2.17. The number of piperidine rings is 1. The summed E-state index contributed by atoms with van der Waals surface area (Å²) in [5, 5.41) is 3.46. The van der Waals surface area contributed by atoms with Crippen molar-refractivity contribution < 1.29 is 0 Å². The monoisotopic (exact) mass is 261 g/mol. The van der Waals surface area contributed by atoms with Gasteiger partial charge in [0.05, 0.1) is 0 Å². The second-order valence-electron chi connectivity index (χ2n) is 5.71. The average Bonchev–Trinajstić information content (AvgIpc) is 2.79. The Labute approximate surface area is 112 Å². The van der Waals surface area contributed by atoms with Crippen LogP contribution in [0, 0.1) is 5.92 Å². The summed E-state index contributed by atoms with van der Waals surface area (Å²) in [7, 11) is 4.43. The molecule has 0 aliphatic carbocycles. The van der Waals surface area contributed by atoms with Gasteiger partial charge >= 0.3 is 0 Å². The van der Waals surface area contributed by atoms with Crippen molar-refractivity contribution in [1.29, 1.82) is 0 Å². The molecule has 2 heterocycles.